The van der Waals surface area contributed by atoms with E-state index >= 15 is 0 Å². The second-order valence-electron chi connectivity index (χ2n) is 3.73. The monoisotopic (exact) mass is 225 g/mol. The van der Waals surface area contributed by atoms with Crippen LogP contribution in [0.1, 0.15) is 13.8 Å². The number of anilines is 1. The average Bonchev–Trinajstić information content (AvgIpc) is 2.35. The normalized spacial score (nSPS) is 11.5. The van der Waals surface area contributed by atoms with E-state index in [-0.39, 0.29) is 0 Å². The van der Waals surface area contributed by atoms with E-state index in [4.69, 9.17) is 0 Å². The van der Waals surface area contributed by atoms with E-state index in [1.165, 1.54) is 0 Å². The van der Waals surface area contributed by atoms with Gasteiger partial charge in [-0.25, -0.2) is 0 Å². The fourth-order valence-corrected chi connectivity index (χ4v) is 1.60. The molecule has 0 aromatic heterocycles. The number of hydrogen-bond donors (Lipinski definition) is 0. The van der Waals surface area contributed by atoms with Crippen LogP contribution in [-0.4, -0.2) is 0 Å². The first-order chi connectivity index (χ1) is 8.20. The second-order valence-corrected chi connectivity index (χ2v) is 3.73. The number of allylic oxidation sites excluding steroid dienone is 5. The van der Waals surface area contributed by atoms with Crippen molar-refractivity contribution in [2.45, 2.75) is 13.8 Å². The highest BCUT2D eigenvalue weighted by Crippen LogP contribution is 2.23. The summed E-state index contributed by atoms with van der Waals surface area (Å²) in [6.45, 7) is 11.9. The van der Waals surface area contributed by atoms with Gasteiger partial charge in [0.1, 0.15) is 0 Å². The van der Waals surface area contributed by atoms with Gasteiger partial charge < -0.3 is 4.90 Å². The van der Waals surface area contributed by atoms with Gasteiger partial charge in [0.2, 0.25) is 0 Å². The third-order valence-corrected chi connectivity index (χ3v) is 2.32. The van der Waals surface area contributed by atoms with Gasteiger partial charge in [-0.15, -0.1) is 0 Å². The SMILES string of the molecule is C=C/C(=C\C=C/C)N(C(=C)C)c1ccccc1. The van der Waals surface area contributed by atoms with Crippen molar-refractivity contribution in [3.05, 3.63) is 79.2 Å². The summed E-state index contributed by atoms with van der Waals surface area (Å²) in [5, 5.41) is 0. The van der Waals surface area contributed by atoms with Crippen molar-refractivity contribution in [3.63, 3.8) is 0 Å². The molecule has 0 amide bonds. The lowest BCUT2D eigenvalue weighted by Crippen LogP contribution is -2.18. The molecule has 0 atom stereocenters. The molecular weight excluding hydrogens is 206 g/mol. The van der Waals surface area contributed by atoms with Crippen LogP contribution < -0.4 is 4.90 Å². The van der Waals surface area contributed by atoms with Crippen molar-refractivity contribution in [2.75, 3.05) is 4.90 Å². The third-order valence-electron chi connectivity index (χ3n) is 2.32. The minimum atomic E-state index is 0.965. The average molecular weight is 225 g/mol. The lowest BCUT2D eigenvalue weighted by molar-refractivity contribution is 1.11. The van der Waals surface area contributed by atoms with Crippen molar-refractivity contribution in [1.29, 1.82) is 0 Å². The van der Waals surface area contributed by atoms with Gasteiger partial charge in [0.05, 0.1) is 0 Å². The van der Waals surface area contributed by atoms with Crippen molar-refractivity contribution in [2.24, 2.45) is 0 Å². The van der Waals surface area contributed by atoms with Crippen LogP contribution in [0.4, 0.5) is 5.69 Å². The Balaban J connectivity index is 3.17. The van der Waals surface area contributed by atoms with Gasteiger partial charge in [-0.05, 0) is 38.1 Å². The molecule has 1 heteroatoms. The Hall–Kier alpha value is -2.02. The molecule has 0 fully saturated rings. The molecule has 0 aliphatic rings. The maximum absolute atomic E-state index is 4.02. The molecule has 1 aromatic rings. The van der Waals surface area contributed by atoms with Gasteiger partial charge in [0.25, 0.3) is 0 Å². The summed E-state index contributed by atoms with van der Waals surface area (Å²) >= 11 is 0. The van der Waals surface area contributed by atoms with Gasteiger partial charge in [0, 0.05) is 17.1 Å². The van der Waals surface area contributed by atoms with E-state index in [0.717, 1.165) is 17.1 Å². The third kappa shape index (κ3) is 3.49. The molecule has 0 aliphatic carbocycles. The molecule has 17 heavy (non-hydrogen) atoms. The van der Waals surface area contributed by atoms with Crippen molar-refractivity contribution in [1.82, 2.24) is 0 Å². The molecule has 1 rings (SSSR count). The van der Waals surface area contributed by atoms with Crippen LogP contribution in [0.2, 0.25) is 0 Å². The molecule has 1 aromatic carbocycles. The van der Waals surface area contributed by atoms with Crippen LogP contribution >= 0.6 is 0 Å². The lowest BCUT2D eigenvalue weighted by Gasteiger charge is -2.25. The Morgan fingerprint density at radius 2 is 1.88 bits per heavy atom. The van der Waals surface area contributed by atoms with E-state index in [9.17, 15) is 0 Å². The Kier molecular flexibility index (Phi) is 5.02. The molecule has 0 aliphatic heterocycles. The van der Waals surface area contributed by atoms with E-state index in [2.05, 4.69) is 30.2 Å². The Bertz CT molecular complexity index is 438. The smallest absolute Gasteiger partial charge is 0.0457 e. The molecule has 0 radical (unpaired) electrons. The largest absolute Gasteiger partial charge is 0.315 e. The van der Waals surface area contributed by atoms with Crippen molar-refractivity contribution < 1.29 is 0 Å². The predicted octanol–water partition coefficient (Wildman–Crippen LogP) is 4.67. The quantitative estimate of drug-likeness (QED) is 0.658. The van der Waals surface area contributed by atoms with Crippen LogP contribution in [0.5, 0.6) is 0 Å². The van der Waals surface area contributed by atoms with Crippen LogP contribution in [0.15, 0.2) is 79.2 Å². The van der Waals surface area contributed by atoms with Gasteiger partial charge in [-0.2, -0.15) is 0 Å². The maximum Gasteiger partial charge on any atom is 0.0457 e. The van der Waals surface area contributed by atoms with Crippen LogP contribution in [0.3, 0.4) is 0 Å². The minimum absolute atomic E-state index is 0.965. The summed E-state index contributed by atoms with van der Waals surface area (Å²) < 4.78 is 0. The van der Waals surface area contributed by atoms with Crippen LogP contribution in [-0.2, 0) is 0 Å². The zero-order chi connectivity index (χ0) is 12.7. The second kappa shape index (κ2) is 6.54. The van der Waals surface area contributed by atoms with Gasteiger partial charge in [0.15, 0.2) is 0 Å². The van der Waals surface area contributed by atoms with Crippen LogP contribution in [0, 0.1) is 0 Å². The van der Waals surface area contributed by atoms with Gasteiger partial charge in [-0.1, -0.05) is 43.5 Å². The summed E-state index contributed by atoms with van der Waals surface area (Å²) in [5.41, 5.74) is 3.07. The molecule has 0 heterocycles. The topological polar surface area (TPSA) is 3.24 Å². The maximum atomic E-state index is 4.02. The molecule has 88 valence electrons. The fourth-order valence-electron chi connectivity index (χ4n) is 1.60. The number of para-hydroxylation sites is 1. The lowest BCUT2D eigenvalue weighted by atomic mass is 10.2. The van der Waals surface area contributed by atoms with E-state index in [0.29, 0.717) is 0 Å². The van der Waals surface area contributed by atoms with Crippen molar-refractivity contribution >= 4 is 5.69 Å². The molecule has 0 N–H and O–H groups in total. The zero-order valence-electron chi connectivity index (χ0n) is 10.6. The summed E-state index contributed by atoms with van der Waals surface area (Å²) in [6.07, 6.45) is 7.84. The van der Waals surface area contributed by atoms with E-state index in [1.54, 1.807) is 0 Å². The molecule has 1 nitrogen and oxygen atoms in total. The first kappa shape index (κ1) is 13.0. The molecular formula is C16H19N. The standard InChI is InChI=1S/C16H19N/c1-5-7-11-15(6-2)17(14(3)4)16-12-9-8-10-13-16/h5-13H,2-3H2,1,4H3/b7-5-,15-11+. The summed E-state index contributed by atoms with van der Waals surface area (Å²) in [7, 11) is 0. The molecule has 0 spiro atoms. The highest BCUT2D eigenvalue weighted by Gasteiger charge is 2.08. The Morgan fingerprint density at radius 3 is 2.35 bits per heavy atom. The predicted molar refractivity (Wildman–Crippen MR) is 76.8 cm³/mol. The summed E-state index contributed by atoms with van der Waals surface area (Å²) in [6, 6.07) is 10.1. The molecule has 0 saturated heterocycles. The summed E-state index contributed by atoms with van der Waals surface area (Å²) in [5.74, 6) is 0. The number of nitrogens with zero attached hydrogens (tertiary/aromatic N) is 1. The first-order valence-corrected chi connectivity index (χ1v) is 5.66. The summed E-state index contributed by atoms with van der Waals surface area (Å²) in [4.78, 5) is 2.08. The van der Waals surface area contributed by atoms with Gasteiger partial charge in [-0.3, -0.25) is 0 Å². The highest BCUT2D eigenvalue weighted by atomic mass is 15.1. The molecule has 0 saturated carbocycles. The van der Waals surface area contributed by atoms with E-state index < -0.39 is 0 Å². The zero-order valence-corrected chi connectivity index (χ0v) is 10.6. The first-order valence-electron chi connectivity index (χ1n) is 5.66. The van der Waals surface area contributed by atoms with E-state index in [1.807, 2.05) is 56.4 Å². The molecule has 0 bridgehead atoms. The van der Waals surface area contributed by atoms with Crippen LogP contribution in [0.25, 0.3) is 0 Å². The fraction of sp³-hybridized carbons (Fsp3) is 0.125. The Labute approximate surface area is 104 Å². The number of benzene rings is 1. The number of hydrogen-bond acceptors (Lipinski definition) is 1. The highest BCUT2D eigenvalue weighted by molar-refractivity contribution is 5.59. The Morgan fingerprint density at radius 1 is 1.24 bits per heavy atom. The molecule has 0 unspecified atom stereocenters. The number of rotatable bonds is 5. The van der Waals surface area contributed by atoms with Crippen molar-refractivity contribution in [3.8, 4) is 0 Å². The minimum Gasteiger partial charge on any atom is -0.315 e. The van der Waals surface area contributed by atoms with Gasteiger partial charge >= 0.3 is 0 Å².